The first-order valence-corrected chi connectivity index (χ1v) is 8.99. The third kappa shape index (κ3) is 11.4. The number of carboxylic acids is 1. The Bertz CT molecular complexity index is 231. The Balaban J connectivity index is 3.92. The van der Waals surface area contributed by atoms with Gasteiger partial charge >= 0.3 is 5.97 Å². The molecule has 0 aromatic carbocycles. The molecule has 0 aromatic rings. The fraction of sp³-hybridized carbons (Fsp3) is 0.938. The summed E-state index contributed by atoms with van der Waals surface area (Å²) in [6.07, 6.45) is 10.8. The third-order valence-corrected chi connectivity index (χ3v) is 4.81. The smallest absolute Gasteiger partial charge is 0.304 e. The molecule has 0 aromatic heterocycles. The second-order valence-corrected chi connectivity index (χ2v) is 7.10. The van der Waals surface area contributed by atoms with Crippen LogP contribution in [0.2, 0.25) is 0 Å². The van der Waals surface area contributed by atoms with Crippen LogP contribution in [0, 0.1) is 5.41 Å². The van der Waals surface area contributed by atoms with Gasteiger partial charge in [-0.3, -0.25) is 4.79 Å². The van der Waals surface area contributed by atoms with Crippen molar-refractivity contribution in [3.8, 4) is 0 Å². The molecular formula is C16H32O2S. The highest BCUT2D eigenvalue weighted by Gasteiger charge is 2.22. The van der Waals surface area contributed by atoms with Crippen LogP contribution in [0.15, 0.2) is 0 Å². The molecule has 1 atom stereocenters. The number of carboxylic acid groups (broad SMARTS) is 1. The summed E-state index contributed by atoms with van der Waals surface area (Å²) in [7, 11) is 0. The molecule has 0 fully saturated rings. The summed E-state index contributed by atoms with van der Waals surface area (Å²) < 4.78 is 0. The lowest BCUT2D eigenvalue weighted by molar-refractivity contribution is -0.136. The van der Waals surface area contributed by atoms with Crippen molar-refractivity contribution in [2.24, 2.45) is 5.41 Å². The standard InChI is InChI=1S/C16H32O2S/c1-4-6-8-11-16(3,10-7-5-2)12-14-19-13-9-15(17)18/h4-14H2,1-3H3,(H,17,18). The Labute approximate surface area is 123 Å². The lowest BCUT2D eigenvalue weighted by Gasteiger charge is -2.30. The highest BCUT2D eigenvalue weighted by molar-refractivity contribution is 7.99. The van der Waals surface area contributed by atoms with Gasteiger partial charge in [0, 0.05) is 5.75 Å². The van der Waals surface area contributed by atoms with Crippen LogP contribution in [0.5, 0.6) is 0 Å². The predicted molar refractivity (Wildman–Crippen MR) is 86.0 cm³/mol. The lowest BCUT2D eigenvalue weighted by Crippen LogP contribution is -2.18. The van der Waals surface area contributed by atoms with Crippen LogP contribution in [0.3, 0.4) is 0 Å². The maximum atomic E-state index is 10.5. The van der Waals surface area contributed by atoms with Gasteiger partial charge < -0.3 is 5.11 Å². The van der Waals surface area contributed by atoms with Crippen molar-refractivity contribution in [3.63, 3.8) is 0 Å². The molecule has 0 aliphatic rings. The zero-order valence-corrected chi connectivity index (χ0v) is 13.9. The van der Waals surface area contributed by atoms with Crippen LogP contribution >= 0.6 is 11.8 Å². The minimum absolute atomic E-state index is 0.298. The van der Waals surface area contributed by atoms with Gasteiger partial charge in [0.25, 0.3) is 0 Å². The summed E-state index contributed by atoms with van der Waals surface area (Å²) in [6.45, 7) is 6.94. The van der Waals surface area contributed by atoms with Gasteiger partial charge in [-0.25, -0.2) is 0 Å². The third-order valence-electron chi connectivity index (χ3n) is 3.83. The van der Waals surface area contributed by atoms with Crippen LogP contribution < -0.4 is 0 Å². The zero-order chi connectivity index (χ0) is 14.6. The van der Waals surface area contributed by atoms with E-state index in [-0.39, 0.29) is 0 Å². The largest absolute Gasteiger partial charge is 0.481 e. The minimum Gasteiger partial charge on any atom is -0.481 e. The molecule has 114 valence electrons. The molecule has 1 unspecified atom stereocenters. The molecule has 0 radical (unpaired) electrons. The Morgan fingerprint density at radius 2 is 1.63 bits per heavy atom. The van der Waals surface area contributed by atoms with Gasteiger partial charge in [-0.2, -0.15) is 11.8 Å². The average Bonchev–Trinajstić information content (AvgIpc) is 2.36. The summed E-state index contributed by atoms with van der Waals surface area (Å²) in [5.41, 5.74) is 0.474. The fourth-order valence-electron chi connectivity index (χ4n) is 2.36. The molecule has 2 nitrogen and oxygen atoms in total. The van der Waals surface area contributed by atoms with Crippen molar-refractivity contribution in [1.29, 1.82) is 0 Å². The van der Waals surface area contributed by atoms with Crippen molar-refractivity contribution in [2.45, 2.75) is 78.6 Å². The average molecular weight is 288 g/mol. The van der Waals surface area contributed by atoms with Crippen LogP contribution in [-0.2, 0) is 4.79 Å². The molecule has 1 N–H and O–H groups in total. The first kappa shape index (κ1) is 18.8. The van der Waals surface area contributed by atoms with Crippen LogP contribution in [0.1, 0.15) is 78.6 Å². The van der Waals surface area contributed by atoms with E-state index in [4.69, 9.17) is 5.11 Å². The van der Waals surface area contributed by atoms with Crippen molar-refractivity contribution >= 4 is 17.7 Å². The van der Waals surface area contributed by atoms with Gasteiger partial charge in [-0.05, 0) is 30.4 Å². The first-order valence-electron chi connectivity index (χ1n) is 7.83. The Hall–Kier alpha value is -0.180. The maximum absolute atomic E-state index is 10.5. The van der Waals surface area contributed by atoms with E-state index in [1.165, 1.54) is 51.4 Å². The van der Waals surface area contributed by atoms with Crippen LogP contribution in [0.25, 0.3) is 0 Å². The lowest BCUT2D eigenvalue weighted by atomic mass is 9.78. The molecule has 0 rings (SSSR count). The Kier molecular flexibility index (Phi) is 11.5. The monoisotopic (exact) mass is 288 g/mol. The highest BCUT2D eigenvalue weighted by atomic mass is 32.2. The van der Waals surface area contributed by atoms with E-state index in [1.54, 1.807) is 11.8 Å². The molecular weight excluding hydrogens is 256 g/mol. The first-order chi connectivity index (χ1) is 9.04. The predicted octanol–water partition coefficient (Wildman–Crippen LogP) is 5.36. The Morgan fingerprint density at radius 1 is 1.00 bits per heavy atom. The number of hydrogen-bond donors (Lipinski definition) is 1. The number of carbonyl (C=O) groups is 1. The Morgan fingerprint density at radius 3 is 2.21 bits per heavy atom. The normalized spacial score (nSPS) is 14.3. The van der Waals surface area contributed by atoms with E-state index in [2.05, 4.69) is 20.8 Å². The number of aliphatic carboxylic acids is 1. The summed E-state index contributed by atoms with van der Waals surface area (Å²) in [5, 5.41) is 8.62. The molecule has 0 spiro atoms. The molecule has 3 heteroatoms. The van der Waals surface area contributed by atoms with E-state index in [9.17, 15) is 4.79 Å². The number of thioether (sulfide) groups is 1. The summed E-state index contributed by atoms with van der Waals surface area (Å²) in [5.74, 6) is 1.19. The quantitative estimate of drug-likeness (QED) is 0.463. The zero-order valence-electron chi connectivity index (χ0n) is 13.0. The summed E-state index contributed by atoms with van der Waals surface area (Å²) in [4.78, 5) is 10.5. The van der Waals surface area contributed by atoms with Gasteiger partial charge in [-0.1, -0.05) is 52.9 Å². The van der Waals surface area contributed by atoms with Crippen LogP contribution in [-0.4, -0.2) is 22.6 Å². The topological polar surface area (TPSA) is 37.3 Å². The molecule has 0 aliphatic carbocycles. The number of hydrogen-bond acceptors (Lipinski definition) is 2. The van der Waals surface area contributed by atoms with E-state index >= 15 is 0 Å². The van der Waals surface area contributed by atoms with Gasteiger partial charge in [0.15, 0.2) is 0 Å². The molecule has 0 amide bonds. The number of rotatable bonds is 13. The van der Waals surface area contributed by atoms with Gasteiger partial charge in [-0.15, -0.1) is 0 Å². The molecule has 0 saturated carbocycles. The maximum Gasteiger partial charge on any atom is 0.304 e. The summed E-state index contributed by atoms with van der Waals surface area (Å²) >= 11 is 1.80. The molecule has 0 heterocycles. The minimum atomic E-state index is -0.677. The molecule has 0 saturated heterocycles. The van der Waals surface area contributed by atoms with E-state index in [0.29, 0.717) is 11.8 Å². The summed E-state index contributed by atoms with van der Waals surface area (Å²) in [6, 6.07) is 0. The fourth-order valence-corrected chi connectivity index (χ4v) is 3.52. The van der Waals surface area contributed by atoms with Gasteiger partial charge in [0.1, 0.15) is 0 Å². The second kappa shape index (κ2) is 11.6. The van der Waals surface area contributed by atoms with Crippen molar-refractivity contribution in [1.82, 2.24) is 0 Å². The molecule has 0 bridgehead atoms. The van der Waals surface area contributed by atoms with E-state index < -0.39 is 5.97 Å². The highest BCUT2D eigenvalue weighted by Crippen LogP contribution is 2.35. The van der Waals surface area contributed by atoms with E-state index in [0.717, 1.165) is 11.5 Å². The van der Waals surface area contributed by atoms with E-state index in [1.807, 2.05) is 0 Å². The van der Waals surface area contributed by atoms with Gasteiger partial charge in [0.2, 0.25) is 0 Å². The molecule has 0 aliphatic heterocycles. The van der Waals surface area contributed by atoms with Gasteiger partial charge in [0.05, 0.1) is 6.42 Å². The molecule has 19 heavy (non-hydrogen) atoms. The van der Waals surface area contributed by atoms with Crippen molar-refractivity contribution in [2.75, 3.05) is 11.5 Å². The van der Waals surface area contributed by atoms with Crippen LogP contribution in [0.4, 0.5) is 0 Å². The van der Waals surface area contributed by atoms with Crippen molar-refractivity contribution < 1.29 is 9.90 Å². The SMILES string of the molecule is CCCCCC(C)(CCCC)CCSCCC(=O)O. The second-order valence-electron chi connectivity index (χ2n) is 5.88. The number of unbranched alkanes of at least 4 members (excludes halogenated alkanes) is 3. The van der Waals surface area contributed by atoms with Crippen molar-refractivity contribution in [3.05, 3.63) is 0 Å².